The van der Waals surface area contributed by atoms with Crippen LogP contribution in [0.1, 0.15) is 39.9 Å². The van der Waals surface area contributed by atoms with Gasteiger partial charge in [0.2, 0.25) is 0 Å². The van der Waals surface area contributed by atoms with Crippen LogP contribution in [0.15, 0.2) is 53.1 Å². The zero-order chi connectivity index (χ0) is 23.1. The van der Waals surface area contributed by atoms with Gasteiger partial charge in [-0.2, -0.15) is 0 Å². The number of carbonyl (C=O) groups is 1. The third-order valence-electron chi connectivity index (χ3n) is 5.10. The fourth-order valence-corrected chi connectivity index (χ4v) is 3.45. The van der Waals surface area contributed by atoms with Crippen molar-refractivity contribution in [3.63, 3.8) is 0 Å². The minimum absolute atomic E-state index is 0.0332. The maximum Gasteiger partial charge on any atom is 0.273 e. The molecule has 0 spiro atoms. The molecule has 1 amide bonds. The van der Waals surface area contributed by atoms with Crippen LogP contribution in [0, 0.1) is 18.6 Å². The molecule has 2 atom stereocenters. The van der Waals surface area contributed by atoms with Crippen LogP contribution >= 0.6 is 0 Å². The number of carbonyl (C=O) groups excluding carboxylic acids is 1. The van der Waals surface area contributed by atoms with Crippen molar-refractivity contribution in [2.24, 2.45) is 0 Å². The Labute approximate surface area is 185 Å². The lowest BCUT2D eigenvalue weighted by atomic mass is 10.00. The van der Waals surface area contributed by atoms with Gasteiger partial charge in [0.05, 0.1) is 12.1 Å². The van der Waals surface area contributed by atoms with E-state index in [9.17, 15) is 18.7 Å². The first kappa shape index (κ1) is 23.6. The number of aryl methyl sites for hydroxylation is 2. The highest BCUT2D eigenvalue weighted by atomic mass is 19.1. The molecule has 0 radical (unpaired) electrons. The predicted octanol–water partition coefficient (Wildman–Crippen LogP) is 3.32. The molecular formula is C24H27F2N3O3. The Morgan fingerprint density at radius 2 is 1.81 bits per heavy atom. The SMILES string of the molecule is CCc1cccc(CNCC(O)C(Cc2cc(F)cc(F)c2)NC(=O)c2cc(C)on2)c1. The summed E-state index contributed by atoms with van der Waals surface area (Å²) >= 11 is 0. The topological polar surface area (TPSA) is 87.4 Å². The molecule has 1 heterocycles. The number of hydrogen-bond acceptors (Lipinski definition) is 5. The van der Waals surface area contributed by atoms with Crippen molar-refractivity contribution in [2.75, 3.05) is 6.54 Å². The largest absolute Gasteiger partial charge is 0.390 e. The molecule has 0 aliphatic carbocycles. The number of hydrogen-bond donors (Lipinski definition) is 3. The Kier molecular flexibility index (Phi) is 8.08. The molecule has 6 nitrogen and oxygen atoms in total. The Balaban J connectivity index is 1.68. The van der Waals surface area contributed by atoms with Crippen molar-refractivity contribution < 1.29 is 23.2 Å². The van der Waals surface area contributed by atoms with Crippen LogP contribution in [0.25, 0.3) is 0 Å². The summed E-state index contributed by atoms with van der Waals surface area (Å²) in [5.74, 6) is -1.52. The summed E-state index contributed by atoms with van der Waals surface area (Å²) in [4.78, 5) is 12.5. The number of halogens is 2. The number of aliphatic hydroxyl groups excluding tert-OH is 1. The molecular weight excluding hydrogens is 416 g/mol. The van der Waals surface area contributed by atoms with Crippen LogP contribution in [-0.2, 0) is 19.4 Å². The van der Waals surface area contributed by atoms with Crippen LogP contribution in [0.2, 0.25) is 0 Å². The van der Waals surface area contributed by atoms with E-state index < -0.39 is 29.7 Å². The molecule has 0 fully saturated rings. The molecule has 8 heteroatoms. The molecule has 3 aromatic rings. The second-order valence-corrected chi connectivity index (χ2v) is 7.76. The second kappa shape index (κ2) is 11.0. The number of aromatic nitrogens is 1. The van der Waals surface area contributed by atoms with E-state index in [1.54, 1.807) is 6.92 Å². The van der Waals surface area contributed by atoms with Gasteiger partial charge < -0.3 is 20.3 Å². The fraction of sp³-hybridized carbons (Fsp3) is 0.333. The van der Waals surface area contributed by atoms with Gasteiger partial charge in [-0.15, -0.1) is 0 Å². The molecule has 0 saturated carbocycles. The normalized spacial score (nSPS) is 13.0. The van der Waals surface area contributed by atoms with Gasteiger partial charge in [-0.25, -0.2) is 8.78 Å². The number of nitrogens with zero attached hydrogens (tertiary/aromatic N) is 1. The van der Waals surface area contributed by atoms with Crippen molar-refractivity contribution in [3.05, 3.63) is 88.3 Å². The van der Waals surface area contributed by atoms with E-state index in [1.807, 2.05) is 18.2 Å². The van der Waals surface area contributed by atoms with Gasteiger partial charge in [0, 0.05) is 25.2 Å². The summed E-state index contributed by atoms with van der Waals surface area (Å²) in [5.41, 5.74) is 2.67. The Morgan fingerprint density at radius 1 is 1.09 bits per heavy atom. The Morgan fingerprint density at radius 3 is 2.47 bits per heavy atom. The molecule has 2 unspecified atom stereocenters. The second-order valence-electron chi connectivity index (χ2n) is 7.76. The summed E-state index contributed by atoms with van der Waals surface area (Å²) in [6.07, 6.45) is -0.0607. The minimum atomic E-state index is -1.02. The monoisotopic (exact) mass is 443 g/mol. The van der Waals surface area contributed by atoms with Crippen molar-refractivity contribution >= 4 is 5.91 Å². The Bertz CT molecular complexity index is 1030. The molecule has 0 bridgehead atoms. The number of rotatable bonds is 10. The fourth-order valence-electron chi connectivity index (χ4n) is 3.45. The number of benzene rings is 2. The van der Waals surface area contributed by atoms with Gasteiger partial charge in [-0.05, 0) is 48.6 Å². The van der Waals surface area contributed by atoms with Gasteiger partial charge in [0.25, 0.3) is 5.91 Å². The van der Waals surface area contributed by atoms with E-state index in [1.165, 1.54) is 23.8 Å². The average Bonchev–Trinajstić information content (AvgIpc) is 3.19. The van der Waals surface area contributed by atoms with Crippen LogP contribution in [0.5, 0.6) is 0 Å². The van der Waals surface area contributed by atoms with E-state index in [0.717, 1.165) is 18.1 Å². The molecule has 170 valence electrons. The van der Waals surface area contributed by atoms with Gasteiger partial charge >= 0.3 is 0 Å². The number of amides is 1. The average molecular weight is 443 g/mol. The summed E-state index contributed by atoms with van der Waals surface area (Å²) in [7, 11) is 0. The van der Waals surface area contributed by atoms with Crippen molar-refractivity contribution in [3.8, 4) is 0 Å². The first-order valence-corrected chi connectivity index (χ1v) is 10.5. The van der Waals surface area contributed by atoms with Crippen molar-refractivity contribution in [1.82, 2.24) is 15.8 Å². The molecule has 2 aromatic carbocycles. The predicted molar refractivity (Wildman–Crippen MR) is 116 cm³/mol. The molecule has 1 aromatic heterocycles. The molecule has 3 N–H and O–H groups in total. The van der Waals surface area contributed by atoms with Crippen molar-refractivity contribution in [1.29, 1.82) is 0 Å². The minimum Gasteiger partial charge on any atom is -0.390 e. The van der Waals surface area contributed by atoms with Crippen LogP contribution in [0.4, 0.5) is 8.78 Å². The molecule has 32 heavy (non-hydrogen) atoms. The zero-order valence-corrected chi connectivity index (χ0v) is 18.1. The lowest BCUT2D eigenvalue weighted by Gasteiger charge is -2.24. The van der Waals surface area contributed by atoms with Crippen molar-refractivity contribution in [2.45, 2.75) is 45.4 Å². The smallest absolute Gasteiger partial charge is 0.273 e. The zero-order valence-electron chi connectivity index (χ0n) is 18.1. The first-order chi connectivity index (χ1) is 15.3. The van der Waals surface area contributed by atoms with Crippen LogP contribution in [0.3, 0.4) is 0 Å². The van der Waals surface area contributed by atoms with Gasteiger partial charge in [0.1, 0.15) is 17.4 Å². The lowest BCUT2D eigenvalue weighted by molar-refractivity contribution is 0.0821. The quantitative estimate of drug-likeness (QED) is 0.448. The molecule has 0 aliphatic heterocycles. The summed E-state index contributed by atoms with van der Waals surface area (Å²) in [6.45, 7) is 4.43. The van der Waals surface area contributed by atoms with E-state index in [4.69, 9.17) is 4.52 Å². The summed E-state index contributed by atoms with van der Waals surface area (Å²) in [5, 5.41) is 20.3. The Hall–Kier alpha value is -3.10. The summed E-state index contributed by atoms with van der Waals surface area (Å²) in [6, 6.07) is 11.9. The maximum atomic E-state index is 13.6. The van der Waals surface area contributed by atoms with E-state index in [2.05, 4.69) is 28.8 Å². The number of aliphatic hydroxyl groups is 1. The highest BCUT2D eigenvalue weighted by Gasteiger charge is 2.24. The van der Waals surface area contributed by atoms with E-state index >= 15 is 0 Å². The highest BCUT2D eigenvalue weighted by molar-refractivity contribution is 5.92. The first-order valence-electron chi connectivity index (χ1n) is 10.5. The van der Waals surface area contributed by atoms with Crippen LogP contribution < -0.4 is 10.6 Å². The van der Waals surface area contributed by atoms with E-state index in [-0.39, 0.29) is 18.7 Å². The van der Waals surface area contributed by atoms with Crippen LogP contribution in [-0.4, -0.2) is 34.9 Å². The standard InChI is InChI=1S/C24H27F2N3O3/c1-3-16-5-4-6-17(8-16)13-27-14-23(30)21(11-18-9-19(25)12-20(26)10-18)28-24(31)22-7-15(2)32-29-22/h4-10,12,21,23,27,30H,3,11,13-14H2,1-2H3,(H,28,31). The van der Waals surface area contributed by atoms with Gasteiger partial charge in [-0.3, -0.25) is 4.79 Å². The molecule has 0 saturated heterocycles. The lowest BCUT2D eigenvalue weighted by Crippen LogP contribution is -2.48. The summed E-state index contributed by atoms with van der Waals surface area (Å²) < 4.78 is 32.2. The third-order valence-corrected chi connectivity index (χ3v) is 5.10. The maximum absolute atomic E-state index is 13.6. The van der Waals surface area contributed by atoms with E-state index in [0.29, 0.717) is 17.9 Å². The molecule has 0 aliphatic rings. The van der Waals surface area contributed by atoms with Gasteiger partial charge in [0.15, 0.2) is 5.69 Å². The molecule has 3 rings (SSSR count). The third kappa shape index (κ3) is 6.70. The highest BCUT2D eigenvalue weighted by Crippen LogP contribution is 2.13. The number of nitrogens with one attached hydrogen (secondary N) is 2. The van der Waals surface area contributed by atoms with Gasteiger partial charge in [-0.1, -0.05) is 36.3 Å².